The molecule has 3 aromatic rings. The molecule has 1 aromatic carbocycles. The first-order valence-corrected chi connectivity index (χ1v) is 12.3. The number of carbonyl (C=O) groups excluding carboxylic acids is 2. The number of hydrogen-bond acceptors (Lipinski definition) is 7. The van der Waals surface area contributed by atoms with Gasteiger partial charge in [0.1, 0.15) is 5.38 Å². The highest BCUT2D eigenvalue weighted by atomic mass is 35.5. The Morgan fingerprint density at radius 1 is 1.24 bits per heavy atom. The number of piperidine rings is 1. The molecule has 3 unspecified atom stereocenters. The lowest BCUT2D eigenvalue weighted by atomic mass is 9.98. The Hall–Kier alpha value is -4.10. The van der Waals surface area contributed by atoms with Gasteiger partial charge in [0, 0.05) is 18.8 Å². The number of anilines is 1. The second kappa shape index (κ2) is 9.41. The molecule has 2 aromatic heterocycles. The van der Waals surface area contributed by atoms with E-state index in [2.05, 4.69) is 25.9 Å². The lowest BCUT2D eigenvalue weighted by Gasteiger charge is -2.38. The summed E-state index contributed by atoms with van der Waals surface area (Å²) < 4.78 is 7.58. The Kier molecular flexibility index (Phi) is 6.25. The SMILES string of the molecule is COc1nc(N)ncc1-c1cc2c(n1C(C)C)C(c1ccc(C#N)cc1)N(C1CNC(=O)C(Cl)C1)C2=O. The number of carbonyl (C=O) groups is 2. The summed E-state index contributed by atoms with van der Waals surface area (Å²) in [5.41, 5.74) is 9.85. The van der Waals surface area contributed by atoms with Crippen LogP contribution < -0.4 is 15.8 Å². The Balaban J connectivity index is 1.71. The van der Waals surface area contributed by atoms with Crippen molar-refractivity contribution in [2.75, 3.05) is 19.4 Å². The molecule has 3 N–H and O–H groups in total. The van der Waals surface area contributed by atoms with Gasteiger partial charge in [-0.3, -0.25) is 9.59 Å². The molecule has 1 saturated heterocycles. The highest BCUT2D eigenvalue weighted by Crippen LogP contribution is 2.46. The first-order chi connectivity index (χ1) is 17.7. The van der Waals surface area contributed by atoms with E-state index in [4.69, 9.17) is 22.1 Å². The fourth-order valence-corrected chi connectivity index (χ4v) is 5.54. The fraction of sp³-hybridized carbons (Fsp3) is 0.346. The highest BCUT2D eigenvalue weighted by Gasteiger charge is 2.47. The quantitative estimate of drug-likeness (QED) is 0.494. The van der Waals surface area contributed by atoms with E-state index in [1.165, 1.54) is 7.11 Å². The third-order valence-electron chi connectivity index (χ3n) is 6.86. The molecular formula is C26H26ClN7O3. The summed E-state index contributed by atoms with van der Waals surface area (Å²) in [6.07, 6.45) is 1.93. The van der Waals surface area contributed by atoms with Crippen molar-refractivity contribution in [2.45, 2.75) is 43.8 Å². The second-order valence-corrected chi connectivity index (χ2v) is 9.92. The van der Waals surface area contributed by atoms with Crippen LogP contribution in [0.5, 0.6) is 5.88 Å². The zero-order valence-corrected chi connectivity index (χ0v) is 21.4. The molecule has 0 spiro atoms. The molecule has 1 fully saturated rings. The topological polar surface area (TPSA) is 139 Å². The maximum Gasteiger partial charge on any atom is 0.256 e. The maximum absolute atomic E-state index is 14.0. The minimum Gasteiger partial charge on any atom is -0.480 e. The number of hydrogen-bond donors (Lipinski definition) is 2. The Bertz CT molecular complexity index is 1430. The number of ether oxygens (including phenoxy) is 1. The number of nitriles is 1. The van der Waals surface area contributed by atoms with Gasteiger partial charge in [0.15, 0.2) is 0 Å². The van der Waals surface area contributed by atoms with Crippen molar-refractivity contribution in [3.05, 3.63) is 58.9 Å². The van der Waals surface area contributed by atoms with Crippen molar-refractivity contribution in [3.8, 4) is 23.2 Å². The third kappa shape index (κ3) is 4.05. The number of alkyl halides is 1. The number of nitrogens with two attached hydrogens (primary N) is 1. The average Bonchev–Trinajstić information content (AvgIpc) is 3.41. The molecule has 37 heavy (non-hydrogen) atoms. The maximum atomic E-state index is 14.0. The molecular weight excluding hydrogens is 494 g/mol. The first-order valence-electron chi connectivity index (χ1n) is 11.9. The number of halogens is 1. The monoisotopic (exact) mass is 519 g/mol. The van der Waals surface area contributed by atoms with Gasteiger partial charge < -0.3 is 25.3 Å². The van der Waals surface area contributed by atoms with Crippen LogP contribution in [0.4, 0.5) is 5.95 Å². The molecule has 0 radical (unpaired) electrons. The van der Waals surface area contributed by atoms with E-state index < -0.39 is 11.4 Å². The normalized spacial score (nSPS) is 21.1. The van der Waals surface area contributed by atoms with Crippen molar-refractivity contribution in [2.24, 2.45) is 0 Å². The van der Waals surface area contributed by atoms with Gasteiger partial charge in [0.05, 0.1) is 53.3 Å². The third-order valence-corrected chi connectivity index (χ3v) is 7.24. The van der Waals surface area contributed by atoms with E-state index in [-0.39, 0.29) is 29.8 Å². The Morgan fingerprint density at radius 3 is 2.59 bits per heavy atom. The summed E-state index contributed by atoms with van der Waals surface area (Å²) in [7, 11) is 1.51. The van der Waals surface area contributed by atoms with Crippen molar-refractivity contribution in [1.29, 1.82) is 5.26 Å². The summed E-state index contributed by atoms with van der Waals surface area (Å²) in [4.78, 5) is 36.3. The molecule has 190 valence electrons. The van der Waals surface area contributed by atoms with Gasteiger partial charge in [0.2, 0.25) is 17.7 Å². The molecule has 5 rings (SSSR count). The van der Waals surface area contributed by atoms with E-state index in [0.717, 1.165) is 17.0 Å². The largest absolute Gasteiger partial charge is 0.480 e. The van der Waals surface area contributed by atoms with Gasteiger partial charge in [-0.25, -0.2) is 4.98 Å². The minimum absolute atomic E-state index is 0.0403. The van der Waals surface area contributed by atoms with E-state index in [9.17, 15) is 14.9 Å². The molecule has 0 aliphatic carbocycles. The van der Waals surface area contributed by atoms with Gasteiger partial charge >= 0.3 is 0 Å². The predicted molar refractivity (Wildman–Crippen MR) is 137 cm³/mol. The van der Waals surface area contributed by atoms with Gasteiger partial charge in [-0.2, -0.15) is 10.2 Å². The van der Waals surface area contributed by atoms with Gasteiger partial charge in [-0.15, -0.1) is 11.6 Å². The van der Waals surface area contributed by atoms with Crippen LogP contribution in [0.3, 0.4) is 0 Å². The zero-order valence-electron chi connectivity index (χ0n) is 20.6. The van der Waals surface area contributed by atoms with Crippen LogP contribution >= 0.6 is 11.6 Å². The number of amides is 2. The first kappa shape index (κ1) is 24.6. The molecule has 0 saturated carbocycles. The standard InChI is InChI=1S/C26H26ClN7O3/c1-13(2)33-20(18-12-31-26(29)32-24(18)37-3)9-17-22(33)21(15-6-4-14(10-28)5-7-15)34(25(17)36)16-8-19(27)23(35)30-11-16/h4-7,9,12-13,16,19,21H,8,11H2,1-3H3,(H,30,35)(H2,29,31,32). The van der Waals surface area contributed by atoms with E-state index in [1.807, 2.05) is 32.0 Å². The van der Waals surface area contributed by atoms with Gasteiger partial charge in [-0.05, 0) is 44.0 Å². The number of nitrogens with zero attached hydrogens (tertiary/aromatic N) is 5. The van der Waals surface area contributed by atoms with Gasteiger partial charge in [0.25, 0.3) is 5.91 Å². The number of aromatic nitrogens is 3. The number of rotatable bonds is 5. The van der Waals surface area contributed by atoms with Crippen molar-refractivity contribution < 1.29 is 14.3 Å². The Morgan fingerprint density at radius 2 is 1.97 bits per heavy atom. The molecule has 2 aliphatic rings. The molecule has 10 nitrogen and oxygen atoms in total. The predicted octanol–water partition coefficient (Wildman–Crippen LogP) is 3.03. The lowest BCUT2D eigenvalue weighted by molar-refractivity contribution is -0.122. The smallest absolute Gasteiger partial charge is 0.256 e. The highest BCUT2D eigenvalue weighted by molar-refractivity contribution is 6.31. The zero-order chi connectivity index (χ0) is 26.4. The Labute approximate surface area is 219 Å². The van der Waals surface area contributed by atoms with E-state index >= 15 is 0 Å². The van der Waals surface area contributed by atoms with Crippen molar-refractivity contribution >= 4 is 29.4 Å². The number of nitrogen functional groups attached to an aromatic ring is 1. The summed E-state index contributed by atoms with van der Waals surface area (Å²) in [6, 6.07) is 10.4. The molecule has 4 heterocycles. The summed E-state index contributed by atoms with van der Waals surface area (Å²) in [5.74, 6) is 0.0000294. The molecule has 11 heteroatoms. The van der Waals surface area contributed by atoms with Crippen LogP contribution in [0.25, 0.3) is 11.3 Å². The minimum atomic E-state index is -0.730. The summed E-state index contributed by atoms with van der Waals surface area (Å²) in [5, 5.41) is 11.4. The molecule has 0 bridgehead atoms. The van der Waals surface area contributed by atoms with Gasteiger partial charge in [-0.1, -0.05) is 12.1 Å². The number of nitrogens with one attached hydrogen (secondary N) is 1. The van der Waals surface area contributed by atoms with Crippen molar-refractivity contribution in [3.63, 3.8) is 0 Å². The summed E-state index contributed by atoms with van der Waals surface area (Å²) >= 11 is 6.31. The second-order valence-electron chi connectivity index (χ2n) is 9.39. The lowest BCUT2D eigenvalue weighted by Crippen LogP contribution is -2.53. The molecule has 2 amide bonds. The van der Waals surface area contributed by atoms with Crippen LogP contribution in [0, 0.1) is 11.3 Å². The van der Waals surface area contributed by atoms with Crippen molar-refractivity contribution in [1.82, 2.24) is 24.8 Å². The van der Waals surface area contributed by atoms with Crippen LogP contribution in [-0.2, 0) is 4.79 Å². The average molecular weight is 520 g/mol. The van der Waals surface area contributed by atoms with Crippen LogP contribution in [0.2, 0.25) is 0 Å². The van der Waals surface area contributed by atoms with Crippen LogP contribution in [-0.4, -0.2) is 56.3 Å². The molecule has 3 atom stereocenters. The number of benzene rings is 1. The number of methoxy groups -OCH3 is 1. The number of fused-ring (bicyclic) bond motifs is 1. The van der Waals surface area contributed by atoms with Crippen LogP contribution in [0.15, 0.2) is 36.5 Å². The summed E-state index contributed by atoms with van der Waals surface area (Å²) in [6.45, 7) is 4.37. The van der Waals surface area contributed by atoms with Crippen LogP contribution in [0.1, 0.15) is 59.5 Å². The van der Waals surface area contributed by atoms with E-state index in [0.29, 0.717) is 35.5 Å². The molecule has 2 aliphatic heterocycles. The van der Waals surface area contributed by atoms with E-state index in [1.54, 1.807) is 23.2 Å². The fourth-order valence-electron chi connectivity index (χ4n) is 5.26.